The number of amidine groups is 1. The number of benzene rings is 1. The third kappa shape index (κ3) is 2.90. The van der Waals surface area contributed by atoms with Crippen LogP contribution in [0, 0.1) is 0 Å². The number of hydrogen-bond donors (Lipinski definition) is 1. The van der Waals surface area contributed by atoms with Gasteiger partial charge >= 0.3 is 18.3 Å². The number of anilines is 1. The molecule has 0 spiro atoms. The highest BCUT2D eigenvalue weighted by Gasteiger charge is 2.66. The van der Waals surface area contributed by atoms with Crippen molar-refractivity contribution in [2.24, 2.45) is 4.99 Å². The molecule has 0 radical (unpaired) electrons. The van der Waals surface area contributed by atoms with E-state index in [1.54, 1.807) is 5.32 Å². The average Bonchev–Trinajstić information content (AvgIpc) is 2.43. The first-order valence-corrected chi connectivity index (χ1v) is 6.79. The lowest BCUT2D eigenvalue weighted by Crippen LogP contribution is -2.53. The van der Waals surface area contributed by atoms with Gasteiger partial charge in [0.2, 0.25) is 5.84 Å². The number of nitrogens with zero attached hydrogens (tertiary/aromatic N) is 1. The van der Waals surface area contributed by atoms with Crippen LogP contribution in [-0.2, 0) is 15.1 Å². The molecule has 0 aliphatic carbocycles. The van der Waals surface area contributed by atoms with Crippen molar-refractivity contribution >= 4 is 29.1 Å². The van der Waals surface area contributed by atoms with Gasteiger partial charge in [-0.25, -0.2) is 9.79 Å². The fraction of sp³-hybridized carbons (Fsp3) is 0.385. The van der Waals surface area contributed by atoms with Crippen LogP contribution in [-0.4, -0.2) is 30.8 Å². The Morgan fingerprint density at radius 3 is 2.42 bits per heavy atom. The number of esters is 1. The van der Waals surface area contributed by atoms with Crippen LogP contribution in [0.5, 0.6) is 0 Å². The lowest BCUT2D eigenvalue weighted by molar-refractivity contribution is -0.208. The molecule has 1 aliphatic rings. The molecular formula is C13H9ClF6N2O2. The van der Waals surface area contributed by atoms with Crippen LogP contribution in [0.2, 0.25) is 5.02 Å². The lowest BCUT2D eigenvalue weighted by atomic mass is 9.86. The first kappa shape index (κ1) is 18.4. The van der Waals surface area contributed by atoms with Crippen LogP contribution in [0.1, 0.15) is 12.5 Å². The Kier molecular flexibility index (Phi) is 4.47. The summed E-state index contributed by atoms with van der Waals surface area (Å²) in [6.07, 6.45) is -10.7. The summed E-state index contributed by atoms with van der Waals surface area (Å²) >= 11 is 5.64. The minimum atomic E-state index is -5.49. The molecule has 0 bridgehead atoms. The molecule has 0 saturated heterocycles. The minimum Gasteiger partial charge on any atom is -0.464 e. The number of fused-ring (bicyclic) bond motifs is 1. The molecule has 0 unspecified atom stereocenters. The Morgan fingerprint density at radius 1 is 1.29 bits per heavy atom. The summed E-state index contributed by atoms with van der Waals surface area (Å²) in [5.74, 6) is -3.92. The van der Waals surface area contributed by atoms with Crippen molar-refractivity contribution in [3.05, 3.63) is 28.8 Å². The summed E-state index contributed by atoms with van der Waals surface area (Å²) in [6, 6.07) is 2.71. The number of nitrogens with one attached hydrogen (secondary N) is 1. The molecule has 1 atom stereocenters. The Hall–Kier alpha value is -1.97. The predicted molar refractivity (Wildman–Crippen MR) is 72.9 cm³/mol. The molecule has 1 aromatic carbocycles. The molecule has 0 fully saturated rings. The van der Waals surface area contributed by atoms with E-state index < -0.39 is 47.6 Å². The van der Waals surface area contributed by atoms with E-state index in [4.69, 9.17) is 11.6 Å². The number of rotatable bonds is 2. The summed E-state index contributed by atoms with van der Waals surface area (Å²) in [4.78, 5) is 14.7. The standard InChI is InChI=1S/C13H9ClF6N2O2/c1-2-24-10(23)11(13(18,19)20)7-5-6(14)3-4-8(7)21-9(22-11)12(15,16)17/h3-5H,2H2,1H3,(H,21,22)/t11-/m0/s1. The number of carbonyl (C=O) groups excluding carboxylic acids is 1. The van der Waals surface area contributed by atoms with E-state index in [2.05, 4.69) is 9.73 Å². The molecule has 0 amide bonds. The molecule has 132 valence electrons. The number of aliphatic imine (C=N–C) groups is 1. The van der Waals surface area contributed by atoms with E-state index in [0.717, 1.165) is 18.2 Å². The lowest BCUT2D eigenvalue weighted by Gasteiger charge is -2.36. The first-order valence-electron chi connectivity index (χ1n) is 6.41. The number of hydrogen-bond acceptors (Lipinski definition) is 4. The number of halogens is 7. The second kappa shape index (κ2) is 5.83. The number of alkyl halides is 6. The Balaban J connectivity index is 2.84. The van der Waals surface area contributed by atoms with Gasteiger partial charge in [-0.2, -0.15) is 26.3 Å². The average molecular weight is 375 g/mol. The highest BCUT2D eigenvalue weighted by molar-refractivity contribution is 6.30. The van der Waals surface area contributed by atoms with Gasteiger partial charge in [-0.1, -0.05) is 11.6 Å². The van der Waals surface area contributed by atoms with Crippen LogP contribution in [0.3, 0.4) is 0 Å². The normalized spacial score (nSPS) is 20.8. The van der Waals surface area contributed by atoms with Crippen molar-refractivity contribution in [1.29, 1.82) is 0 Å². The number of ether oxygens (including phenoxy) is 1. The molecule has 0 aromatic heterocycles. The zero-order valence-corrected chi connectivity index (χ0v) is 12.6. The van der Waals surface area contributed by atoms with E-state index in [-0.39, 0.29) is 5.02 Å². The zero-order chi connectivity index (χ0) is 18.3. The van der Waals surface area contributed by atoms with Crippen LogP contribution >= 0.6 is 11.6 Å². The van der Waals surface area contributed by atoms with E-state index in [1.165, 1.54) is 6.92 Å². The van der Waals surface area contributed by atoms with Gasteiger partial charge < -0.3 is 10.1 Å². The van der Waals surface area contributed by atoms with Gasteiger partial charge in [-0.15, -0.1) is 0 Å². The van der Waals surface area contributed by atoms with Crippen molar-refractivity contribution in [1.82, 2.24) is 0 Å². The van der Waals surface area contributed by atoms with Gasteiger partial charge in [-0.05, 0) is 25.1 Å². The van der Waals surface area contributed by atoms with Gasteiger partial charge in [0.15, 0.2) is 0 Å². The predicted octanol–water partition coefficient (Wildman–Crippen LogP) is 4.05. The Bertz CT molecular complexity index is 701. The van der Waals surface area contributed by atoms with E-state index in [1.807, 2.05) is 0 Å². The van der Waals surface area contributed by atoms with E-state index in [0.29, 0.717) is 0 Å². The maximum atomic E-state index is 13.7. The van der Waals surface area contributed by atoms with Crippen molar-refractivity contribution in [2.45, 2.75) is 24.8 Å². The third-order valence-corrected chi connectivity index (χ3v) is 3.39. The molecule has 0 saturated carbocycles. The molecule has 1 N–H and O–H groups in total. The topological polar surface area (TPSA) is 50.7 Å². The molecular weight excluding hydrogens is 366 g/mol. The molecule has 11 heteroatoms. The molecule has 1 aliphatic heterocycles. The largest absolute Gasteiger partial charge is 0.464 e. The Morgan fingerprint density at radius 2 is 1.92 bits per heavy atom. The summed E-state index contributed by atoms with van der Waals surface area (Å²) in [6.45, 7) is 0.743. The molecule has 24 heavy (non-hydrogen) atoms. The van der Waals surface area contributed by atoms with Crippen LogP contribution in [0.15, 0.2) is 23.2 Å². The maximum Gasteiger partial charge on any atom is 0.449 e. The fourth-order valence-corrected chi connectivity index (χ4v) is 2.34. The summed E-state index contributed by atoms with van der Waals surface area (Å²) in [7, 11) is 0. The van der Waals surface area contributed by atoms with Crippen molar-refractivity contribution in [3.63, 3.8) is 0 Å². The van der Waals surface area contributed by atoms with Crippen molar-refractivity contribution < 1.29 is 35.9 Å². The van der Waals surface area contributed by atoms with Crippen LogP contribution in [0.4, 0.5) is 32.0 Å². The molecule has 2 rings (SSSR count). The fourth-order valence-electron chi connectivity index (χ4n) is 2.17. The SMILES string of the molecule is CCOC(=O)[C@@]1(C(F)(F)F)N=C(C(F)(F)F)Nc2ccc(Cl)cc21. The minimum absolute atomic E-state index is 0.209. The number of carbonyl (C=O) groups is 1. The smallest absolute Gasteiger partial charge is 0.449 e. The Labute approximate surface area is 136 Å². The summed E-state index contributed by atoms with van der Waals surface area (Å²) < 4.78 is 84.3. The van der Waals surface area contributed by atoms with Crippen molar-refractivity contribution in [3.8, 4) is 0 Å². The summed E-state index contributed by atoms with van der Waals surface area (Å²) in [5.41, 5.74) is -5.32. The molecule has 1 aromatic rings. The molecule has 4 nitrogen and oxygen atoms in total. The van der Waals surface area contributed by atoms with Gasteiger partial charge in [0.1, 0.15) is 0 Å². The van der Waals surface area contributed by atoms with Gasteiger partial charge in [0, 0.05) is 16.3 Å². The van der Waals surface area contributed by atoms with Crippen molar-refractivity contribution in [2.75, 3.05) is 11.9 Å². The highest BCUT2D eigenvalue weighted by Crippen LogP contribution is 2.49. The first-order chi connectivity index (χ1) is 10.9. The quantitative estimate of drug-likeness (QED) is 0.627. The second-order valence-corrected chi connectivity index (χ2v) is 5.14. The third-order valence-electron chi connectivity index (χ3n) is 3.15. The van der Waals surface area contributed by atoms with E-state index in [9.17, 15) is 31.1 Å². The van der Waals surface area contributed by atoms with E-state index >= 15 is 0 Å². The van der Waals surface area contributed by atoms with Crippen LogP contribution < -0.4 is 5.32 Å². The van der Waals surface area contributed by atoms with Gasteiger partial charge in [0.25, 0.3) is 5.54 Å². The summed E-state index contributed by atoms with van der Waals surface area (Å²) in [5, 5.41) is 1.54. The van der Waals surface area contributed by atoms with Gasteiger partial charge in [0.05, 0.1) is 6.61 Å². The second-order valence-electron chi connectivity index (χ2n) is 4.70. The van der Waals surface area contributed by atoms with Gasteiger partial charge in [-0.3, -0.25) is 0 Å². The zero-order valence-electron chi connectivity index (χ0n) is 11.8. The van der Waals surface area contributed by atoms with Crippen LogP contribution in [0.25, 0.3) is 0 Å². The monoisotopic (exact) mass is 374 g/mol. The maximum absolute atomic E-state index is 13.7. The highest BCUT2D eigenvalue weighted by atomic mass is 35.5. The molecule has 1 heterocycles.